The molecule has 2 aliphatic rings. The van der Waals surface area contributed by atoms with Gasteiger partial charge < -0.3 is 19.3 Å². The summed E-state index contributed by atoms with van der Waals surface area (Å²) < 4.78 is 44.0. The smallest absolute Gasteiger partial charge is 0.128 e. The van der Waals surface area contributed by atoms with Gasteiger partial charge in [0, 0.05) is 34.1 Å². The largest absolute Gasteiger partial charge is 0.490 e. The van der Waals surface area contributed by atoms with Crippen LogP contribution >= 0.6 is 0 Å². The van der Waals surface area contributed by atoms with Crippen LogP contribution in [0, 0.1) is 39.3 Å². The highest BCUT2D eigenvalue weighted by atomic mass is 19.1. The van der Waals surface area contributed by atoms with Gasteiger partial charge in [-0.2, -0.15) is 0 Å². The number of ether oxygens (including phenoxy) is 2. The fourth-order valence-electron chi connectivity index (χ4n) is 13.9. The van der Waals surface area contributed by atoms with Crippen LogP contribution in [-0.2, 0) is 10.8 Å². The van der Waals surface area contributed by atoms with Crippen LogP contribution in [-0.4, -0.2) is 13.2 Å². The maximum Gasteiger partial charge on any atom is 0.128 e. The van der Waals surface area contributed by atoms with Crippen molar-refractivity contribution in [3.8, 4) is 44.9 Å². The van der Waals surface area contributed by atoms with Gasteiger partial charge in [0.05, 0.1) is 10.8 Å². The number of aryl methyl sites for hydroxylation is 4. The first-order valence-corrected chi connectivity index (χ1v) is 30.6. The van der Waals surface area contributed by atoms with Gasteiger partial charge in [-0.25, -0.2) is 8.78 Å². The Morgan fingerprint density at radius 2 is 0.644 bits per heavy atom. The van der Waals surface area contributed by atoms with Crippen LogP contribution in [0.4, 0.5) is 42.9 Å². The van der Waals surface area contributed by atoms with E-state index in [1.165, 1.54) is 22.3 Å². The minimum Gasteiger partial charge on any atom is -0.490 e. The summed E-state index contributed by atoms with van der Waals surface area (Å²) in [5.74, 6) is 0.967. The van der Waals surface area contributed by atoms with E-state index < -0.39 is 10.8 Å². The Kier molecular flexibility index (Phi) is 14.8. The van der Waals surface area contributed by atoms with Crippen LogP contribution in [0.2, 0.25) is 0 Å². The zero-order valence-electron chi connectivity index (χ0n) is 50.9. The highest BCUT2D eigenvalue weighted by molar-refractivity contribution is 5.92. The minimum absolute atomic E-state index is 0.283. The van der Waals surface area contributed by atoms with Gasteiger partial charge in [0.25, 0.3) is 0 Å². The standard InChI is InChI=1S/C84H66F2N2O2/c1-7-49-89-71-43-31-63(32-44-71)83(61-27-17-55(3)18-28-61)77-15-11-9-13-73(77)75-47-41-67(51-79(75)83)87(69-35-21-57(5)81(85)53-69)65-37-23-59(24-38-65)60-25-39-66(40-26-60)88(70-36-22-58(6)82(86)54-70)68-42-48-76-74-14-10-12-16-78(74)84(80(76)52-68,62-29-19-56(4)20-30-62)64-33-45-72(46-34-64)90-50-8-2/h7-48,51-54H,1-2,49-50H2,3-6H3. The number of benzene rings is 12. The van der Waals surface area contributed by atoms with Crippen molar-refractivity contribution in [1.82, 2.24) is 0 Å². The average molecular weight is 1170 g/mol. The molecule has 0 saturated heterocycles. The van der Waals surface area contributed by atoms with Crippen molar-refractivity contribution in [3.63, 3.8) is 0 Å². The maximum atomic E-state index is 16.0. The molecule has 0 heterocycles. The van der Waals surface area contributed by atoms with Crippen LogP contribution < -0.4 is 19.3 Å². The summed E-state index contributed by atoms with van der Waals surface area (Å²) in [7, 11) is 0. The highest BCUT2D eigenvalue weighted by Crippen LogP contribution is 2.59. The summed E-state index contributed by atoms with van der Waals surface area (Å²) in [6.45, 7) is 16.4. The lowest BCUT2D eigenvalue weighted by molar-refractivity contribution is 0.363. The molecule has 2 atom stereocenters. The predicted octanol–water partition coefficient (Wildman–Crippen LogP) is 21.7. The van der Waals surface area contributed by atoms with E-state index in [1.54, 1.807) is 38.1 Å². The zero-order chi connectivity index (χ0) is 61.7. The number of anilines is 6. The molecular weight excluding hydrogens is 1110 g/mol. The molecule has 14 rings (SSSR count). The Labute approximate surface area is 526 Å². The van der Waals surface area contributed by atoms with Gasteiger partial charge in [-0.1, -0.05) is 206 Å². The van der Waals surface area contributed by atoms with E-state index in [9.17, 15) is 0 Å². The molecule has 0 aromatic heterocycles. The molecule has 0 spiro atoms. The van der Waals surface area contributed by atoms with Crippen molar-refractivity contribution in [2.75, 3.05) is 23.0 Å². The van der Waals surface area contributed by atoms with Gasteiger partial charge >= 0.3 is 0 Å². The molecule has 0 saturated carbocycles. The summed E-state index contributed by atoms with van der Waals surface area (Å²) in [5, 5.41) is 0. The fraction of sp³-hybridized carbons (Fsp3) is 0.0952. The predicted molar refractivity (Wildman–Crippen MR) is 366 cm³/mol. The summed E-state index contributed by atoms with van der Waals surface area (Å²) in [6.07, 6.45) is 3.51. The summed E-state index contributed by atoms with van der Waals surface area (Å²) in [4.78, 5) is 4.31. The second kappa shape index (κ2) is 23.4. The normalized spacial score (nSPS) is 15.0. The van der Waals surface area contributed by atoms with Crippen molar-refractivity contribution >= 4 is 34.1 Å². The third-order valence-electron chi connectivity index (χ3n) is 18.3. The molecule has 0 aliphatic heterocycles. The van der Waals surface area contributed by atoms with Crippen molar-refractivity contribution in [2.24, 2.45) is 0 Å². The molecule has 2 aliphatic carbocycles. The molecule has 0 bridgehead atoms. The lowest BCUT2D eigenvalue weighted by Gasteiger charge is -2.35. The summed E-state index contributed by atoms with van der Waals surface area (Å²) in [6, 6.07) is 93.4. The Hall–Kier alpha value is -10.8. The van der Waals surface area contributed by atoms with Crippen LogP contribution in [0.1, 0.15) is 66.8 Å². The van der Waals surface area contributed by atoms with E-state index in [0.29, 0.717) is 35.7 Å². The number of fused-ring (bicyclic) bond motifs is 6. The molecule has 6 heteroatoms. The van der Waals surface area contributed by atoms with Crippen LogP contribution in [0.15, 0.2) is 292 Å². The summed E-state index contributed by atoms with van der Waals surface area (Å²) >= 11 is 0. The molecule has 0 radical (unpaired) electrons. The molecule has 438 valence electrons. The van der Waals surface area contributed by atoms with E-state index in [-0.39, 0.29) is 11.6 Å². The van der Waals surface area contributed by atoms with Gasteiger partial charge in [-0.3, -0.25) is 0 Å². The third-order valence-corrected chi connectivity index (χ3v) is 18.3. The molecule has 0 fully saturated rings. The van der Waals surface area contributed by atoms with Gasteiger partial charge in [-0.05, 0) is 214 Å². The quantitative estimate of drug-likeness (QED) is 0.0849. The Morgan fingerprint density at radius 1 is 0.333 bits per heavy atom. The Bertz CT molecular complexity index is 4390. The summed E-state index contributed by atoms with van der Waals surface area (Å²) in [5.41, 5.74) is 22.6. The Morgan fingerprint density at radius 3 is 1.00 bits per heavy atom. The first-order chi connectivity index (χ1) is 44.0. The highest BCUT2D eigenvalue weighted by Gasteiger charge is 2.48. The van der Waals surface area contributed by atoms with Crippen molar-refractivity contribution in [1.29, 1.82) is 0 Å². The molecule has 0 amide bonds. The van der Waals surface area contributed by atoms with Gasteiger partial charge in [-0.15, -0.1) is 0 Å². The number of halogens is 2. The number of rotatable bonds is 17. The topological polar surface area (TPSA) is 24.9 Å². The SMILES string of the molecule is C=CCOc1ccc(C2(c3ccc(C)cc3)c3ccccc3-c3ccc(N(c4ccc(-c5ccc(N(c6ccc(C)c(F)c6)c6ccc7c(c6)C(c6ccc(C)cc6)(c6ccc(OCC=C)cc6)c6ccccc6-7)cc5)cc4)c4ccc(C)c(F)c4)cc32)cc1. The van der Waals surface area contributed by atoms with E-state index in [2.05, 4.69) is 243 Å². The fourth-order valence-corrected chi connectivity index (χ4v) is 13.9. The average Bonchev–Trinajstić information content (AvgIpc) is 1.53. The van der Waals surface area contributed by atoms with E-state index in [1.807, 2.05) is 48.5 Å². The van der Waals surface area contributed by atoms with Gasteiger partial charge in [0.1, 0.15) is 36.3 Å². The first-order valence-electron chi connectivity index (χ1n) is 30.6. The van der Waals surface area contributed by atoms with Gasteiger partial charge in [0.2, 0.25) is 0 Å². The van der Waals surface area contributed by atoms with E-state index >= 15 is 8.78 Å². The van der Waals surface area contributed by atoms with Crippen LogP contribution in [0.3, 0.4) is 0 Å². The van der Waals surface area contributed by atoms with Crippen molar-refractivity contribution in [3.05, 3.63) is 371 Å². The maximum absolute atomic E-state index is 16.0. The van der Waals surface area contributed by atoms with Crippen molar-refractivity contribution in [2.45, 2.75) is 38.5 Å². The lowest BCUT2D eigenvalue weighted by atomic mass is 9.67. The van der Waals surface area contributed by atoms with E-state index in [0.717, 1.165) is 101 Å². The van der Waals surface area contributed by atoms with Gasteiger partial charge in [0.15, 0.2) is 0 Å². The number of nitrogens with zero attached hydrogens (tertiary/aromatic N) is 2. The van der Waals surface area contributed by atoms with E-state index in [4.69, 9.17) is 9.47 Å². The second-order valence-corrected chi connectivity index (χ2v) is 23.7. The molecular formula is C84H66F2N2O2. The third kappa shape index (κ3) is 9.67. The Balaban J connectivity index is 0.862. The van der Waals surface area contributed by atoms with Crippen LogP contribution in [0.5, 0.6) is 11.5 Å². The molecule has 90 heavy (non-hydrogen) atoms. The monoisotopic (exact) mass is 1170 g/mol. The number of hydrogen-bond acceptors (Lipinski definition) is 4. The first kappa shape index (κ1) is 57.0. The van der Waals surface area contributed by atoms with Crippen molar-refractivity contribution < 1.29 is 18.3 Å². The molecule has 0 N–H and O–H groups in total. The zero-order valence-corrected chi connectivity index (χ0v) is 50.9. The molecule has 4 nitrogen and oxygen atoms in total. The molecule has 2 unspecified atom stereocenters. The second-order valence-electron chi connectivity index (χ2n) is 23.7. The molecule has 12 aromatic rings. The van der Waals surface area contributed by atoms with Crippen LogP contribution in [0.25, 0.3) is 33.4 Å². The molecule has 12 aromatic carbocycles. The minimum atomic E-state index is -0.706. The lowest BCUT2D eigenvalue weighted by Crippen LogP contribution is -2.29. The number of hydrogen-bond donors (Lipinski definition) is 0.